The SMILES string of the molecule is COCCOCCCCN1CCNC(C)(C2CC2)C1. The van der Waals surface area contributed by atoms with Gasteiger partial charge in [-0.2, -0.15) is 0 Å². The molecule has 1 unspecified atom stereocenters. The van der Waals surface area contributed by atoms with E-state index in [0.717, 1.165) is 32.1 Å². The van der Waals surface area contributed by atoms with Crippen LogP contribution in [0.3, 0.4) is 0 Å². The van der Waals surface area contributed by atoms with Gasteiger partial charge in [0, 0.05) is 38.9 Å². The number of nitrogens with one attached hydrogen (secondary N) is 1. The number of hydrogen-bond donors (Lipinski definition) is 1. The first-order valence-corrected chi connectivity index (χ1v) is 7.79. The summed E-state index contributed by atoms with van der Waals surface area (Å²) in [6, 6.07) is 0. The van der Waals surface area contributed by atoms with Crippen molar-refractivity contribution in [1.29, 1.82) is 0 Å². The highest BCUT2D eigenvalue weighted by atomic mass is 16.5. The zero-order chi connectivity index (χ0) is 13.6. The monoisotopic (exact) mass is 270 g/mol. The lowest BCUT2D eigenvalue weighted by Gasteiger charge is -2.42. The number of hydrogen-bond acceptors (Lipinski definition) is 4. The molecule has 2 rings (SSSR count). The summed E-state index contributed by atoms with van der Waals surface area (Å²) in [6.07, 6.45) is 5.25. The van der Waals surface area contributed by atoms with Crippen molar-refractivity contribution in [2.24, 2.45) is 5.92 Å². The predicted molar refractivity (Wildman–Crippen MR) is 77.5 cm³/mol. The lowest BCUT2D eigenvalue weighted by Crippen LogP contribution is -2.60. The first-order valence-electron chi connectivity index (χ1n) is 7.79. The van der Waals surface area contributed by atoms with Gasteiger partial charge in [-0.05, 0) is 45.1 Å². The molecule has 4 heteroatoms. The molecule has 4 nitrogen and oxygen atoms in total. The summed E-state index contributed by atoms with van der Waals surface area (Å²) in [5.74, 6) is 0.924. The summed E-state index contributed by atoms with van der Waals surface area (Å²) in [7, 11) is 1.71. The Morgan fingerprint density at radius 2 is 2.05 bits per heavy atom. The fourth-order valence-electron chi connectivity index (χ4n) is 3.07. The summed E-state index contributed by atoms with van der Waals surface area (Å²) in [5, 5.41) is 3.73. The molecule has 19 heavy (non-hydrogen) atoms. The van der Waals surface area contributed by atoms with Gasteiger partial charge < -0.3 is 19.7 Å². The first-order chi connectivity index (χ1) is 9.24. The van der Waals surface area contributed by atoms with Gasteiger partial charge in [0.2, 0.25) is 0 Å². The minimum Gasteiger partial charge on any atom is -0.382 e. The van der Waals surface area contributed by atoms with E-state index in [1.54, 1.807) is 7.11 Å². The Labute approximate surface area is 117 Å². The zero-order valence-electron chi connectivity index (χ0n) is 12.6. The summed E-state index contributed by atoms with van der Waals surface area (Å²) in [6.45, 7) is 9.51. The number of piperazine rings is 1. The maximum Gasteiger partial charge on any atom is 0.0700 e. The third-order valence-electron chi connectivity index (χ3n) is 4.43. The molecule has 1 N–H and O–H groups in total. The first kappa shape index (κ1) is 15.2. The van der Waals surface area contributed by atoms with E-state index in [-0.39, 0.29) is 0 Å². The van der Waals surface area contributed by atoms with E-state index >= 15 is 0 Å². The quantitative estimate of drug-likeness (QED) is 0.644. The smallest absolute Gasteiger partial charge is 0.0700 e. The average Bonchev–Trinajstić information content (AvgIpc) is 3.22. The van der Waals surface area contributed by atoms with E-state index in [0.29, 0.717) is 12.1 Å². The highest BCUT2D eigenvalue weighted by molar-refractivity contribution is 5.01. The minimum atomic E-state index is 0.382. The van der Waals surface area contributed by atoms with Gasteiger partial charge in [0.25, 0.3) is 0 Å². The van der Waals surface area contributed by atoms with Crippen molar-refractivity contribution in [2.45, 2.75) is 38.1 Å². The van der Waals surface area contributed by atoms with Gasteiger partial charge in [0.1, 0.15) is 0 Å². The molecule has 0 radical (unpaired) electrons. The Bertz CT molecular complexity index is 259. The molecule has 112 valence electrons. The number of unbranched alkanes of at least 4 members (excludes halogenated alkanes) is 1. The van der Waals surface area contributed by atoms with Crippen molar-refractivity contribution < 1.29 is 9.47 Å². The number of methoxy groups -OCH3 is 1. The van der Waals surface area contributed by atoms with E-state index in [1.807, 2.05) is 0 Å². The average molecular weight is 270 g/mol. The molecule has 0 aromatic carbocycles. The topological polar surface area (TPSA) is 33.7 Å². The van der Waals surface area contributed by atoms with Gasteiger partial charge in [0.15, 0.2) is 0 Å². The second kappa shape index (κ2) is 7.58. The van der Waals surface area contributed by atoms with Crippen LogP contribution >= 0.6 is 0 Å². The lowest BCUT2D eigenvalue weighted by molar-refractivity contribution is 0.0657. The van der Waals surface area contributed by atoms with Crippen LogP contribution in [0.1, 0.15) is 32.6 Å². The molecule has 0 aromatic rings. The molecule has 1 saturated carbocycles. The van der Waals surface area contributed by atoms with Gasteiger partial charge in [-0.1, -0.05) is 0 Å². The maximum absolute atomic E-state index is 5.50. The van der Waals surface area contributed by atoms with Crippen molar-refractivity contribution in [3.8, 4) is 0 Å². The molecule has 1 heterocycles. The predicted octanol–water partition coefficient (Wildman–Crippen LogP) is 1.50. The van der Waals surface area contributed by atoms with Crippen molar-refractivity contribution in [3.63, 3.8) is 0 Å². The Balaban J connectivity index is 1.53. The second-order valence-corrected chi connectivity index (χ2v) is 6.21. The van der Waals surface area contributed by atoms with Crippen LogP contribution in [0.2, 0.25) is 0 Å². The number of ether oxygens (including phenoxy) is 2. The van der Waals surface area contributed by atoms with Crippen LogP contribution in [0.15, 0.2) is 0 Å². The third kappa shape index (κ3) is 5.03. The van der Waals surface area contributed by atoms with E-state index in [9.17, 15) is 0 Å². The van der Waals surface area contributed by atoms with Gasteiger partial charge in [0.05, 0.1) is 13.2 Å². The molecular formula is C15H30N2O2. The van der Waals surface area contributed by atoms with Crippen LogP contribution < -0.4 is 5.32 Å². The zero-order valence-corrected chi connectivity index (χ0v) is 12.6. The lowest BCUT2D eigenvalue weighted by atomic mass is 9.93. The van der Waals surface area contributed by atoms with E-state index in [4.69, 9.17) is 9.47 Å². The molecular weight excluding hydrogens is 240 g/mol. The largest absolute Gasteiger partial charge is 0.382 e. The van der Waals surface area contributed by atoms with E-state index in [2.05, 4.69) is 17.1 Å². The van der Waals surface area contributed by atoms with Crippen molar-refractivity contribution in [2.75, 3.05) is 53.1 Å². The third-order valence-corrected chi connectivity index (χ3v) is 4.43. The van der Waals surface area contributed by atoms with Gasteiger partial charge in [-0.25, -0.2) is 0 Å². The normalized spacial score (nSPS) is 28.7. The van der Waals surface area contributed by atoms with Gasteiger partial charge >= 0.3 is 0 Å². The fourth-order valence-corrected chi connectivity index (χ4v) is 3.07. The van der Waals surface area contributed by atoms with Crippen LogP contribution in [0, 0.1) is 5.92 Å². The highest BCUT2D eigenvalue weighted by Gasteiger charge is 2.43. The Morgan fingerprint density at radius 1 is 1.21 bits per heavy atom. The molecule has 1 aliphatic carbocycles. The van der Waals surface area contributed by atoms with Crippen LogP contribution in [0.25, 0.3) is 0 Å². The summed E-state index contributed by atoms with van der Waals surface area (Å²) >= 11 is 0. The molecule has 0 amide bonds. The fraction of sp³-hybridized carbons (Fsp3) is 1.00. The van der Waals surface area contributed by atoms with Gasteiger partial charge in [-0.15, -0.1) is 0 Å². The van der Waals surface area contributed by atoms with Crippen LogP contribution in [-0.2, 0) is 9.47 Å². The molecule has 0 bridgehead atoms. The summed E-state index contributed by atoms with van der Waals surface area (Å²) in [4.78, 5) is 2.63. The molecule has 1 aliphatic heterocycles. The number of nitrogens with zero attached hydrogens (tertiary/aromatic N) is 1. The van der Waals surface area contributed by atoms with Crippen molar-refractivity contribution in [3.05, 3.63) is 0 Å². The highest BCUT2D eigenvalue weighted by Crippen LogP contribution is 2.40. The van der Waals surface area contributed by atoms with E-state index < -0.39 is 0 Å². The van der Waals surface area contributed by atoms with E-state index in [1.165, 1.54) is 38.9 Å². The second-order valence-electron chi connectivity index (χ2n) is 6.21. The Kier molecular flexibility index (Phi) is 6.07. The Hall–Kier alpha value is -0.160. The molecule has 0 spiro atoms. The van der Waals surface area contributed by atoms with Gasteiger partial charge in [-0.3, -0.25) is 0 Å². The van der Waals surface area contributed by atoms with Crippen LogP contribution in [0.5, 0.6) is 0 Å². The molecule has 0 aromatic heterocycles. The minimum absolute atomic E-state index is 0.382. The molecule has 1 atom stereocenters. The van der Waals surface area contributed by atoms with Crippen molar-refractivity contribution >= 4 is 0 Å². The number of rotatable bonds is 9. The van der Waals surface area contributed by atoms with Crippen molar-refractivity contribution in [1.82, 2.24) is 10.2 Å². The standard InChI is InChI=1S/C15H30N2O2/c1-15(14-5-6-14)13-17(9-7-16-15)8-3-4-10-19-12-11-18-2/h14,16H,3-13H2,1-2H3. The molecule has 1 saturated heterocycles. The summed E-state index contributed by atoms with van der Waals surface area (Å²) in [5.41, 5.74) is 0.382. The van der Waals surface area contributed by atoms with Crippen LogP contribution in [-0.4, -0.2) is 63.5 Å². The maximum atomic E-state index is 5.50. The molecule has 2 aliphatic rings. The Morgan fingerprint density at radius 3 is 2.79 bits per heavy atom. The van der Waals surface area contributed by atoms with Crippen LogP contribution in [0.4, 0.5) is 0 Å². The molecule has 2 fully saturated rings. The summed E-state index contributed by atoms with van der Waals surface area (Å²) < 4.78 is 10.5.